The molecule has 14 nitrogen and oxygen atoms in total. The standard InChI is InChI=1S/C57H60N8O6S/c1-34-39(41-22-24-49(59-52(41)56(69)70)65-32-28-36-10-5-13-42(45(36)33-65)54(67)61-57-58-46-15-3-4-17-48(46)72-57)11-7-16-47(34)71-38-20-18-35(19-21-38)9-8-29-64-30-26-37(27-31-64)40-12-6-14-43-51(62-63(2)53(40)43)44-23-25-50(66)60-55(44)68/h3-7,10-17,22,24,35,37-38,44H,8-9,18-21,23,25-33H2,1-2H3,(H,69,70)(H,58,61,67)(H,60,66,68). The van der Waals surface area contributed by atoms with E-state index in [0.29, 0.717) is 66.3 Å². The number of hydrogen-bond donors (Lipinski definition) is 3. The van der Waals surface area contributed by atoms with Crippen molar-refractivity contribution in [3.63, 3.8) is 0 Å². The number of aromatic nitrogens is 4. The molecule has 3 N–H and O–H groups in total. The Hall–Kier alpha value is -6.97. The van der Waals surface area contributed by atoms with Gasteiger partial charge in [0.25, 0.3) is 5.91 Å². The summed E-state index contributed by atoms with van der Waals surface area (Å²) in [7, 11) is 1.97. The van der Waals surface area contributed by atoms with Crippen molar-refractivity contribution in [3.05, 3.63) is 130 Å². The van der Waals surface area contributed by atoms with E-state index in [2.05, 4.69) is 43.6 Å². The minimum Gasteiger partial charge on any atom is -0.490 e. The maximum atomic E-state index is 13.7. The highest BCUT2D eigenvalue weighted by atomic mass is 32.1. The lowest BCUT2D eigenvalue weighted by atomic mass is 9.84. The third-order valence-electron chi connectivity index (χ3n) is 15.7. The Balaban J connectivity index is 0.672. The molecule has 6 heterocycles. The van der Waals surface area contributed by atoms with Crippen LogP contribution in [0.3, 0.4) is 0 Å². The molecule has 3 fully saturated rings. The topological polar surface area (TPSA) is 172 Å². The van der Waals surface area contributed by atoms with Gasteiger partial charge in [-0.25, -0.2) is 14.8 Å². The molecule has 1 atom stereocenters. The smallest absolute Gasteiger partial charge is 0.355 e. The molecule has 72 heavy (non-hydrogen) atoms. The Kier molecular flexibility index (Phi) is 13.3. The van der Waals surface area contributed by atoms with E-state index >= 15 is 0 Å². The summed E-state index contributed by atoms with van der Waals surface area (Å²) in [6, 6.07) is 29.6. The zero-order valence-corrected chi connectivity index (χ0v) is 41.7. The van der Waals surface area contributed by atoms with Crippen LogP contribution in [0.2, 0.25) is 0 Å². The molecule has 3 amide bonds. The number of rotatable bonds is 13. The number of carboxylic acids is 1. The van der Waals surface area contributed by atoms with Crippen LogP contribution in [0.25, 0.3) is 32.2 Å². The molecule has 370 valence electrons. The molecule has 3 aliphatic heterocycles. The van der Waals surface area contributed by atoms with Crippen LogP contribution in [0.4, 0.5) is 10.9 Å². The van der Waals surface area contributed by atoms with E-state index < -0.39 is 11.9 Å². The molecule has 0 radical (unpaired) electrons. The predicted octanol–water partition coefficient (Wildman–Crippen LogP) is 10.2. The maximum Gasteiger partial charge on any atom is 0.355 e. The Bertz CT molecular complexity index is 3190. The van der Waals surface area contributed by atoms with Crippen LogP contribution in [-0.2, 0) is 29.6 Å². The molecule has 1 unspecified atom stereocenters. The highest BCUT2D eigenvalue weighted by Gasteiger charge is 2.34. The number of likely N-dealkylation sites (tertiary alicyclic amines) is 1. The minimum absolute atomic E-state index is 0.0188. The van der Waals surface area contributed by atoms with E-state index in [1.54, 1.807) is 0 Å². The number of ether oxygens (including phenoxy) is 1. The van der Waals surface area contributed by atoms with Crippen molar-refractivity contribution in [3.8, 4) is 16.9 Å². The van der Waals surface area contributed by atoms with Gasteiger partial charge in [-0.05, 0) is 167 Å². The summed E-state index contributed by atoms with van der Waals surface area (Å²) in [5.74, 6) is 0.257. The van der Waals surface area contributed by atoms with Gasteiger partial charge in [-0.2, -0.15) is 5.10 Å². The third-order valence-corrected chi connectivity index (χ3v) is 16.7. The highest BCUT2D eigenvalue weighted by molar-refractivity contribution is 7.22. The molecule has 2 saturated heterocycles. The first-order chi connectivity index (χ1) is 35.0. The van der Waals surface area contributed by atoms with E-state index in [1.807, 2.05) is 91.4 Å². The number of carboxylic acid groups (broad SMARTS) is 1. The summed E-state index contributed by atoms with van der Waals surface area (Å²) in [6.45, 7) is 6.29. The van der Waals surface area contributed by atoms with Gasteiger partial charge in [0.15, 0.2) is 10.8 Å². The number of hydrogen-bond acceptors (Lipinski definition) is 11. The van der Waals surface area contributed by atoms with E-state index in [-0.39, 0.29) is 29.5 Å². The summed E-state index contributed by atoms with van der Waals surface area (Å²) < 4.78 is 9.64. The molecule has 1 saturated carbocycles. The van der Waals surface area contributed by atoms with Gasteiger partial charge >= 0.3 is 5.97 Å². The number of pyridine rings is 1. The van der Waals surface area contributed by atoms with Crippen LogP contribution in [0.15, 0.2) is 91.0 Å². The van der Waals surface area contributed by atoms with Crippen molar-refractivity contribution in [2.75, 3.05) is 36.4 Å². The Morgan fingerprint density at radius 2 is 1.65 bits per heavy atom. The van der Waals surface area contributed by atoms with Gasteiger partial charge in [0.2, 0.25) is 11.8 Å². The van der Waals surface area contributed by atoms with Crippen LogP contribution in [-0.4, -0.2) is 85.7 Å². The minimum atomic E-state index is -1.10. The van der Waals surface area contributed by atoms with Crippen molar-refractivity contribution in [2.24, 2.45) is 13.0 Å². The van der Waals surface area contributed by atoms with Gasteiger partial charge in [-0.15, -0.1) is 0 Å². The molecular weight excluding hydrogens is 925 g/mol. The molecule has 7 aromatic rings. The first kappa shape index (κ1) is 47.4. The number of benzene rings is 4. The predicted molar refractivity (Wildman–Crippen MR) is 280 cm³/mol. The van der Waals surface area contributed by atoms with Gasteiger partial charge < -0.3 is 19.6 Å². The Morgan fingerprint density at radius 3 is 2.46 bits per heavy atom. The maximum absolute atomic E-state index is 13.7. The van der Waals surface area contributed by atoms with Gasteiger partial charge in [0, 0.05) is 43.1 Å². The average Bonchev–Trinajstić information content (AvgIpc) is 3.96. The lowest BCUT2D eigenvalue weighted by Crippen LogP contribution is -2.39. The molecule has 0 spiro atoms. The molecule has 15 heteroatoms. The number of carbonyl (C=O) groups is 4. The number of nitrogens with zero attached hydrogens (tertiary/aromatic N) is 6. The van der Waals surface area contributed by atoms with Crippen molar-refractivity contribution in [1.82, 2.24) is 30.0 Å². The Morgan fingerprint density at radius 1 is 0.847 bits per heavy atom. The summed E-state index contributed by atoms with van der Waals surface area (Å²) >= 11 is 1.44. The normalized spacial score (nSPS) is 19.9. The van der Waals surface area contributed by atoms with Crippen molar-refractivity contribution >= 4 is 67.1 Å². The fourth-order valence-electron chi connectivity index (χ4n) is 11.8. The molecular formula is C57H60N8O6S. The second kappa shape index (κ2) is 20.3. The fourth-order valence-corrected chi connectivity index (χ4v) is 12.7. The van der Waals surface area contributed by atoms with Gasteiger partial charge in [-0.1, -0.05) is 65.9 Å². The third kappa shape index (κ3) is 9.59. The molecule has 4 aliphatic rings. The van der Waals surface area contributed by atoms with Crippen LogP contribution in [0.1, 0.15) is 125 Å². The monoisotopic (exact) mass is 984 g/mol. The van der Waals surface area contributed by atoms with E-state index in [0.717, 1.165) is 113 Å². The lowest BCUT2D eigenvalue weighted by molar-refractivity contribution is -0.134. The van der Waals surface area contributed by atoms with E-state index in [1.165, 1.54) is 29.7 Å². The number of imide groups is 1. The van der Waals surface area contributed by atoms with E-state index in [9.17, 15) is 24.3 Å². The number of nitrogens with one attached hydrogen (secondary N) is 2. The van der Waals surface area contributed by atoms with Crippen molar-refractivity contribution in [1.29, 1.82) is 0 Å². The summed E-state index contributed by atoms with van der Waals surface area (Å²) in [5, 5.41) is 22.4. The number of aryl methyl sites for hydroxylation is 1. The number of fused-ring (bicyclic) bond motifs is 3. The van der Waals surface area contributed by atoms with E-state index in [4.69, 9.17) is 14.8 Å². The SMILES string of the molecule is Cc1c(OC2CCC(CCCN3CCC(c4cccc5c(C6CCC(=O)NC6=O)nn(C)c45)CC3)CC2)cccc1-c1ccc(N2CCc3cccc(C(=O)Nc4nc5ccccc5s4)c3C2)nc1C(=O)O. The van der Waals surface area contributed by atoms with Gasteiger partial charge in [-0.3, -0.25) is 29.7 Å². The van der Waals surface area contributed by atoms with Crippen molar-refractivity contribution in [2.45, 2.75) is 102 Å². The van der Waals surface area contributed by atoms with Crippen LogP contribution in [0, 0.1) is 12.8 Å². The Labute approximate surface area is 422 Å². The number of anilines is 2. The summed E-state index contributed by atoms with van der Waals surface area (Å²) in [5.41, 5.74) is 8.78. The molecule has 4 aromatic carbocycles. The molecule has 11 rings (SSSR count). The highest BCUT2D eigenvalue weighted by Crippen LogP contribution is 2.40. The molecule has 0 bridgehead atoms. The van der Waals surface area contributed by atoms with Gasteiger partial charge in [0.1, 0.15) is 11.6 Å². The first-order valence-corrected chi connectivity index (χ1v) is 26.4. The van der Waals surface area contributed by atoms with Gasteiger partial charge in [0.05, 0.1) is 33.4 Å². The number of piperidine rings is 2. The largest absolute Gasteiger partial charge is 0.490 e. The zero-order valence-electron chi connectivity index (χ0n) is 40.9. The average molecular weight is 985 g/mol. The van der Waals surface area contributed by atoms with Crippen molar-refractivity contribution < 1.29 is 29.0 Å². The van der Waals surface area contributed by atoms with Crippen LogP contribution in [0.5, 0.6) is 5.75 Å². The number of aromatic carboxylic acids is 1. The molecule has 1 aliphatic carbocycles. The first-order valence-electron chi connectivity index (χ1n) is 25.6. The second-order valence-corrected chi connectivity index (χ2v) is 21.2. The van der Waals surface area contributed by atoms with Crippen LogP contribution >= 0.6 is 11.3 Å². The fraction of sp³-hybridized carbons (Fsp3) is 0.386. The molecule has 3 aromatic heterocycles. The summed E-state index contributed by atoms with van der Waals surface area (Å²) in [4.78, 5) is 65.1. The second-order valence-electron chi connectivity index (χ2n) is 20.1. The quantitative estimate of drug-likeness (QED) is 0.0939. The number of para-hydroxylation sites is 2. The van der Waals surface area contributed by atoms with Crippen LogP contribution < -0.4 is 20.3 Å². The lowest BCUT2D eigenvalue weighted by Gasteiger charge is -2.33. The zero-order chi connectivity index (χ0) is 49.5. The number of amides is 3. The number of thiazole rings is 1. The summed E-state index contributed by atoms with van der Waals surface area (Å²) in [6.07, 6.45) is 10.4. The number of carbonyl (C=O) groups excluding carboxylic acids is 3.